The molecule has 0 atom stereocenters. The third-order valence-corrected chi connectivity index (χ3v) is 13.4. The van der Waals surface area contributed by atoms with E-state index >= 15 is 0 Å². The Hall–Kier alpha value is -6.99. The molecule has 0 saturated carbocycles. The van der Waals surface area contributed by atoms with Crippen molar-refractivity contribution in [2.45, 2.75) is 0 Å². The highest BCUT2D eigenvalue weighted by Gasteiger charge is 2.21. The Morgan fingerprint density at radius 1 is 0.351 bits per heavy atom. The van der Waals surface area contributed by atoms with Crippen molar-refractivity contribution in [3.05, 3.63) is 182 Å². The van der Waals surface area contributed by atoms with Gasteiger partial charge in [0.2, 0.25) is 0 Å². The quantitative estimate of drug-likeness (QED) is 0.175. The van der Waals surface area contributed by atoms with E-state index in [1.165, 1.54) is 62.2 Å². The van der Waals surface area contributed by atoms with Crippen molar-refractivity contribution < 1.29 is 0 Å². The minimum absolute atomic E-state index is 0.627. The molecule has 0 aliphatic rings. The average Bonchev–Trinajstić information content (AvgIpc) is 3.96. The van der Waals surface area contributed by atoms with E-state index in [0.717, 1.165) is 33.5 Å². The zero-order valence-electron chi connectivity index (χ0n) is 30.4. The first-order valence-electron chi connectivity index (χ1n) is 19.0. The molecule has 0 fully saturated rings. The van der Waals surface area contributed by atoms with Crippen LogP contribution in [-0.2, 0) is 0 Å². The monoisotopic (exact) mass is 762 g/mol. The van der Waals surface area contributed by atoms with E-state index in [0.29, 0.717) is 17.5 Å². The summed E-state index contributed by atoms with van der Waals surface area (Å²) >= 11 is 3.72. The molecule has 6 heteroatoms. The molecule has 8 aromatic carbocycles. The Morgan fingerprint density at radius 2 is 0.860 bits per heavy atom. The van der Waals surface area contributed by atoms with Crippen molar-refractivity contribution in [1.82, 2.24) is 19.5 Å². The molecule has 12 aromatic rings. The summed E-state index contributed by atoms with van der Waals surface area (Å²) in [7, 11) is 0. The van der Waals surface area contributed by atoms with Crippen molar-refractivity contribution in [2.75, 3.05) is 0 Å². The van der Waals surface area contributed by atoms with Gasteiger partial charge in [-0.05, 0) is 47.5 Å². The molecule has 0 N–H and O–H groups in total. The highest BCUT2D eigenvalue weighted by molar-refractivity contribution is 7.27. The Bertz CT molecular complexity index is 3470. The van der Waals surface area contributed by atoms with Gasteiger partial charge in [-0.3, -0.25) is 0 Å². The smallest absolute Gasteiger partial charge is 0.164 e. The van der Waals surface area contributed by atoms with Gasteiger partial charge in [-0.25, -0.2) is 15.0 Å². The van der Waals surface area contributed by atoms with Crippen LogP contribution in [0.25, 0.3) is 113 Å². The van der Waals surface area contributed by atoms with E-state index in [1.807, 2.05) is 59.1 Å². The third kappa shape index (κ3) is 5.15. The van der Waals surface area contributed by atoms with Crippen LogP contribution in [0.15, 0.2) is 182 Å². The largest absolute Gasteiger partial charge is 0.308 e. The van der Waals surface area contributed by atoms with Crippen molar-refractivity contribution in [1.29, 1.82) is 0 Å². The lowest BCUT2D eigenvalue weighted by Gasteiger charge is -2.15. The van der Waals surface area contributed by atoms with Crippen LogP contribution in [0.4, 0.5) is 0 Å². The fourth-order valence-electron chi connectivity index (χ4n) is 8.44. The summed E-state index contributed by atoms with van der Waals surface area (Å²) in [5, 5.41) is 7.57. The summed E-state index contributed by atoms with van der Waals surface area (Å²) in [5.41, 5.74) is 8.53. The first kappa shape index (κ1) is 32.3. The van der Waals surface area contributed by atoms with E-state index in [4.69, 9.17) is 15.0 Å². The average molecular weight is 763 g/mol. The van der Waals surface area contributed by atoms with Crippen LogP contribution in [0.2, 0.25) is 0 Å². The molecule has 0 bridgehead atoms. The van der Waals surface area contributed by atoms with E-state index in [1.54, 1.807) is 0 Å². The topological polar surface area (TPSA) is 43.6 Å². The maximum atomic E-state index is 5.23. The predicted octanol–water partition coefficient (Wildman–Crippen LogP) is 14.4. The van der Waals surface area contributed by atoms with Gasteiger partial charge in [0.1, 0.15) is 0 Å². The minimum Gasteiger partial charge on any atom is -0.308 e. The molecule has 0 aliphatic carbocycles. The second-order valence-electron chi connectivity index (χ2n) is 14.4. The zero-order valence-corrected chi connectivity index (χ0v) is 32.1. The minimum atomic E-state index is 0.627. The summed E-state index contributed by atoms with van der Waals surface area (Å²) in [5.74, 6) is 1.91. The Balaban J connectivity index is 1.20. The van der Waals surface area contributed by atoms with E-state index in [9.17, 15) is 0 Å². The van der Waals surface area contributed by atoms with Crippen molar-refractivity contribution in [3.8, 4) is 51.0 Å². The molecular formula is C51H30N4S2. The van der Waals surface area contributed by atoms with Gasteiger partial charge in [-0.2, -0.15) is 0 Å². The van der Waals surface area contributed by atoms with Crippen LogP contribution in [0.1, 0.15) is 0 Å². The fourth-order valence-corrected chi connectivity index (χ4v) is 10.9. The standard InChI is InChI=1S/C51H30N4S2/c1-3-14-31(15-4-1)49-52-50(32-16-5-2-6-17-32)54-51(53-49)34-28-33(36-21-13-22-41-38-19-8-11-24-44(38)56-47(36)41)29-35(30-34)55-43-23-10-7-18-37(43)40-26-27-42-39-20-9-12-25-45(39)57-48(42)46(40)55/h1-30H. The van der Waals surface area contributed by atoms with Crippen molar-refractivity contribution >= 4 is 84.8 Å². The molecule has 0 spiro atoms. The van der Waals surface area contributed by atoms with Gasteiger partial charge in [-0.1, -0.05) is 146 Å². The fraction of sp³-hybridized carbons (Fsp3) is 0. The van der Waals surface area contributed by atoms with Crippen LogP contribution in [-0.4, -0.2) is 19.5 Å². The number of para-hydroxylation sites is 1. The SMILES string of the molecule is c1ccc(-c2nc(-c3ccccc3)nc(-c3cc(-c4cccc5c4sc4ccccc45)cc(-n4c5ccccc5c5ccc6c7ccccc7sc6c54)c3)n2)cc1. The van der Waals surface area contributed by atoms with Gasteiger partial charge in [0.05, 0.1) is 15.7 Å². The van der Waals surface area contributed by atoms with Gasteiger partial charge in [0.25, 0.3) is 0 Å². The number of hydrogen-bond donors (Lipinski definition) is 0. The number of rotatable bonds is 5. The normalized spacial score (nSPS) is 11.9. The molecule has 0 aliphatic heterocycles. The number of aromatic nitrogens is 4. The van der Waals surface area contributed by atoms with Gasteiger partial charge >= 0.3 is 0 Å². The second-order valence-corrected chi connectivity index (χ2v) is 16.5. The maximum Gasteiger partial charge on any atom is 0.164 e. The van der Waals surface area contributed by atoms with Gasteiger partial charge in [0, 0.05) is 68.8 Å². The molecule has 12 rings (SSSR count). The molecule has 4 nitrogen and oxygen atoms in total. The molecule has 0 radical (unpaired) electrons. The lowest BCUT2D eigenvalue weighted by Crippen LogP contribution is -2.02. The number of thiophene rings is 2. The van der Waals surface area contributed by atoms with Crippen LogP contribution in [0, 0.1) is 0 Å². The molecule has 0 saturated heterocycles. The summed E-state index contributed by atoms with van der Waals surface area (Å²) in [6.45, 7) is 0. The van der Waals surface area contributed by atoms with Crippen molar-refractivity contribution in [2.24, 2.45) is 0 Å². The van der Waals surface area contributed by atoms with Crippen LogP contribution in [0.3, 0.4) is 0 Å². The number of fused-ring (bicyclic) bond motifs is 10. The molecule has 0 amide bonds. The van der Waals surface area contributed by atoms with E-state index in [2.05, 4.69) is 150 Å². The summed E-state index contributed by atoms with van der Waals surface area (Å²) in [6.07, 6.45) is 0. The van der Waals surface area contributed by atoms with Gasteiger partial charge in [-0.15, -0.1) is 22.7 Å². The summed E-state index contributed by atoms with van der Waals surface area (Å²) < 4.78 is 7.58. The molecule has 0 unspecified atom stereocenters. The first-order chi connectivity index (χ1) is 28.2. The van der Waals surface area contributed by atoms with Crippen LogP contribution in [0.5, 0.6) is 0 Å². The third-order valence-electron chi connectivity index (χ3n) is 11.0. The Labute approximate surface area is 335 Å². The lowest BCUT2D eigenvalue weighted by atomic mass is 9.99. The van der Waals surface area contributed by atoms with E-state index < -0.39 is 0 Å². The van der Waals surface area contributed by atoms with Gasteiger partial charge < -0.3 is 4.57 Å². The molecule has 266 valence electrons. The van der Waals surface area contributed by atoms with Crippen LogP contribution < -0.4 is 0 Å². The Kier molecular flexibility index (Phi) is 7.24. The van der Waals surface area contributed by atoms with E-state index in [-0.39, 0.29) is 0 Å². The molecule has 4 heterocycles. The van der Waals surface area contributed by atoms with Gasteiger partial charge in [0.15, 0.2) is 17.5 Å². The highest BCUT2D eigenvalue weighted by atomic mass is 32.1. The number of benzene rings is 8. The summed E-state index contributed by atoms with van der Waals surface area (Å²) in [6, 6.07) is 64.9. The number of nitrogens with zero attached hydrogens (tertiary/aromatic N) is 4. The van der Waals surface area contributed by atoms with Crippen LogP contribution >= 0.6 is 22.7 Å². The Morgan fingerprint density at radius 3 is 1.54 bits per heavy atom. The highest BCUT2D eigenvalue weighted by Crippen LogP contribution is 2.45. The van der Waals surface area contributed by atoms with Crippen molar-refractivity contribution in [3.63, 3.8) is 0 Å². The molecular weight excluding hydrogens is 733 g/mol. The lowest BCUT2D eigenvalue weighted by molar-refractivity contribution is 1.07. The first-order valence-corrected chi connectivity index (χ1v) is 20.7. The summed E-state index contributed by atoms with van der Waals surface area (Å²) in [4.78, 5) is 15.5. The maximum absolute atomic E-state index is 5.23. The number of hydrogen-bond acceptors (Lipinski definition) is 5. The second kappa shape index (κ2) is 12.8. The zero-order chi connectivity index (χ0) is 37.5. The molecule has 57 heavy (non-hydrogen) atoms. The molecule has 4 aromatic heterocycles. The predicted molar refractivity (Wildman–Crippen MR) is 242 cm³/mol.